The normalized spacial score (nSPS) is 15.1. The van der Waals surface area contributed by atoms with Crippen LogP contribution in [0.15, 0.2) is 28.7 Å². The topological polar surface area (TPSA) is 69.3 Å². The summed E-state index contributed by atoms with van der Waals surface area (Å²) in [6.07, 6.45) is -4.50. The summed E-state index contributed by atoms with van der Waals surface area (Å²) in [5, 5.41) is 6.70. The highest BCUT2D eigenvalue weighted by Gasteiger charge is 2.32. The number of nitrogens with zero attached hydrogens (tertiary/aromatic N) is 3. The lowest BCUT2D eigenvalue weighted by Crippen LogP contribution is -2.50. The number of halogens is 4. The number of amides is 2. The summed E-state index contributed by atoms with van der Waals surface area (Å²) < 4.78 is 39.1. The number of aromatic amines is 1. The maximum Gasteiger partial charge on any atom is 0.416 e. The van der Waals surface area contributed by atoms with Gasteiger partial charge >= 0.3 is 6.18 Å². The van der Waals surface area contributed by atoms with E-state index in [9.17, 15) is 22.8 Å². The number of piperazine rings is 1. The predicted molar refractivity (Wildman–Crippen MR) is 94.3 cm³/mol. The standard InChI is InChI=1S/C17H16BrF3N4O2/c1-10-13(18)14(23-22-10)16(27)25-7-5-24(6-8-25)15(26)11-3-2-4-12(9-11)17(19,20)21/h2-4,9H,5-8H2,1H3,(H,22,23). The molecule has 0 saturated carbocycles. The quantitative estimate of drug-likeness (QED) is 0.773. The zero-order valence-electron chi connectivity index (χ0n) is 14.3. The summed E-state index contributed by atoms with van der Waals surface area (Å²) >= 11 is 3.31. The number of hydrogen-bond acceptors (Lipinski definition) is 3. The summed E-state index contributed by atoms with van der Waals surface area (Å²) in [5.41, 5.74) is 0.123. The minimum atomic E-state index is -4.50. The van der Waals surface area contributed by atoms with Gasteiger partial charge in [0.2, 0.25) is 0 Å². The summed E-state index contributed by atoms with van der Waals surface area (Å²) in [6, 6.07) is 4.35. The van der Waals surface area contributed by atoms with Crippen molar-refractivity contribution in [2.45, 2.75) is 13.1 Å². The molecule has 0 unspecified atom stereocenters. The van der Waals surface area contributed by atoms with Gasteiger partial charge in [-0.2, -0.15) is 18.3 Å². The van der Waals surface area contributed by atoms with Crippen LogP contribution in [0.2, 0.25) is 0 Å². The second kappa shape index (κ2) is 7.34. The van der Waals surface area contributed by atoms with E-state index in [1.165, 1.54) is 17.0 Å². The number of rotatable bonds is 2. The van der Waals surface area contributed by atoms with Crippen LogP contribution in [-0.2, 0) is 6.18 Å². The molecule has 27 heavy (non-hydrogen) atoms. The van der Waals surface area contributed by atoms with E-state index < -0.39 is 17.6 Å². The molecule has 1 fully saturated rings. The van der Waals surface area contributed by atoms with Gasteiger partial charge in [0.15, 0.2) is 5.69 Å². The van der Waals surface area contributed by atoms with Gasteiger partial charge in [0.05, 0.1) is 10.0 Å². The number of carbonyl (C=O) groups is 2. The van der Waals surface area contributed by atoms with Crippen molar-refractivity contribution in [1.29, 1.82) is 0 Å². The largest absolute Gasteiger partial charge is 0.416 e. The highest BCUT2D eigenvalue weighted by Crippen LogP contribution is 2.30. The van der Waals surface area contributed by atoms with Gasteiger partial charge in [0.1, 0.15) is 0 Å². The SMILES string of the molecule is Cc1[nH]nc(C(=O)N2CCN(C(=O)c3cccc(C(F)(F)F)c3)CC2)c1Br. The van der Waals surface area contributed by atoms with Crippen LogP contribution in [0.3, 0.4) is 0 Å². The van der Waals surface area contributed by atoms with E-state index in [4.69, 9.17) is 0 Å². The van der Waals surface area contributed by atoms with Crippen LogP contribution in [0.25, 0.3) is 0 Å². The number of benzene rings is 1. The van der Waals surface area contributed by atoms with Gasteiger partial charge in [-0.05, 0) is 41.1 Å². The number of aromatic nitrogens is 2. The molecule has 6 nitrogen and oxygen atoms in total. The molecule has 0 atom stereocenters. The van der Waals surface area contributed by atoms with E-state index in [1.54, 1.807) is 11.8 Å². The van der Waals surface area contributed by atoms with Gasteiger partial charge in [0, 0.05) is 37.4 Å². The fourth-order valence-electron chi connectivity index (χ4n) is 2.83. The molecule has 1 aliphatic rings. The van der Waals surface area contributed by atoms with Crippen LogP contribution in [0, 0.1) is 6.92 Å². The molecule has 2 heterocycles. The molecule has 3 rings (SSSR count). The van der Waals surface area contributed by atoms with E-state index in [1.807, 2.05) is 0 Å². The third kappa shape index (κ3) is 4.00. The lowest BCUT2D eigenvalue weighted by atomic mass is 10.1. The Hall–Kier alpha value is -2.36. The average Bonchev–Trinajstić information content (AvgIpc) is 2.99. The number of hydrogen-bond donors (Lipinski definition) is 1. The highest BCUT2D eigenvalue weighted by atomic mass is 79.9. The minimum Gasteiger partial charge on any atom is -0.335 e. The lowest BCUT2D eigenvalue weighted by Gasteiger charge is -2.34. The Bertz CT molecular complexity index is 873. The molecule has 1 aromatic carbocycles. The van der Waals surface area contributed by atoms with Crippen LogP contribution < -0.4 is 0 Å². The molecule has 2 aromatic rings. The number of nitrogens with one attached hydrogen (secondary N) is 1. The van der Waals surface area contributed by atoms with Crippen molar-refractivity contribution in [2.75, 3.05) is 26.2 Å². The molecule has 10 heteroatoms. The molecule has 0 aliphatic carbocycles. The summed E-state index contributed by atoms with van der Waals surface area (Å²) in [6.45, 7) is 2.81. The third-order valence-corrected chi connectivity index (χ3v) is 5.34. The first-order valence-corrected chi connectivity index (χ1v) is 8.94. The number of carbonyl (C=O) groups excluding carboxylic acids is 2. The first-order chi connectivity index (χ1) is 12.7. The van der Waals surface area contributed by atoms with Crippen molar-refractivity contribution in [3.8, 4) is 0 Å². The van der Waals surface area contributed by atoms with E-state index in [0.29, 0.717) is 4.47 Å². The summed E-state index contributed by atoms with van der Waals surface area (Å²) in [7, 11) is 0. The van der Waals surface area contributed by atoms with Crippen molar-refractivity contribution in [1.82, 2.24) is 20.0 Å². The van der Waals surface area contributed by atoms with Crippen molar-refractivity contribution in [3.05, 3.63) is 51.3 Å². The second-order valence-electron chi connectivity index (χ2n) is 6.17. The van der Waals surface area contributed by atoms with Crippen molar-refractivity contribution in [3.63, 3.8) is 0 Å². The van der Waals surface area contributed by atoms with Crippen LogP contribution >= 0.6 is 15.9 Å². The first-order valence-electron chi connectivity index (χ1n) is 8.14. The Morgan fingerprint density at radius 2 is 1.70 bits per heavy atom. The zero-order chi connectivity index (χ0) is 19.8. The second-order valence-corrected chi connectivity index (χ2v) is 6.97. The predicted octanol–water partition coefficient (Wildman–Crippen LogP) is 3.10. The van der Waals surface area contributed by atoms with Gasteiger partial charge in [-0.1, -0.05) is 6.07 Å². The maximum atomic E-state index is 12.8. The summed E-state index contributed by atoms with van der Waals surface area (Å²) in [4.78, 5) is 28.0. The van der Waals surface area contributed by atoms with Gasteiger partial charge in [-0.25, -0.2) is 0 Å². The van der Waals surface area contributed by atoms with Crippen molar-refractivity contribution < 1.29 is 22.8 Å². The zero-order valence-corrected chi connectivity index (χ0v) is 15.9. The van der Waals surface area contributed by atoms with E-state index in [0.717, 1.165) is 17.8 Å². The van der Waals surface area contributed by atoms with Gasteiger partial charge < -0.3 is 9.80 Å². The third-order valence-electron chi connectivity index (χ3n) is 4.37. The Morgan fingerprint density at radius 1 is 1.11 bits per heavy atom. The lowest BCUT2D eigenvalue weighted by molar-refractivity contribution is -0.137. The molecule has 1 N–H and O–H groups in total. The van der Waals surface area contributed by atoms with E-state index in [2.05, 4.69) is 26.1 Å². The van der Waals surface area contributed by atoms with Gasteiger partial charge in [-0.15, -0.1) is 0 Å². The fourth-order valence-corrected chi connectivity index (χ4v) is 3.18. The molecule has 1 saturated heterocycles. The van der Waals surface area contributed by atoms with Gasteiger partial charge in [-0.3, -0.25) is 14.7 Å². The van der Waals surface area contributed by atoms with Crippen molar-refractivity contribution in [2.24, 2.45) is 0 Å². The molecular formula is C17H16BrF3N4O2. The average molecular weight is 445 g/mol. The molecule has 0 spiro atoms. The molecular weight excluding hydrogens is 429 g/mol. The smallest absolute Gasteiger partial charge is 0.335 e. The first kappa shape index (κ1) is 19.4. The molecule has 0 radical (unpaired) electrons. The fraction of sp³-hybridized carbons (Fsp3) is 0.353. The maximum absolute atomic E-state index is 12.8. The van der Waals surface area contributed by atoms with Crippen LogP contribution in [0.5, 0.6) is 0 Å². The van der Waals surface area contributed by atoms with E-state index in [-0.39, 0.29) is 43.3 Å². The molecule has 1 aliphatic heterocycles. The van der Waals surface area contributed by atoms with Gasteiger partial charge in [0.25, 0.3) is 11.8 Å². The molecule has 0 bridgehead atoms. The Kier molecular flexibility index (Phi) is 5.27. The monoisotopic (exact) mass is 444 g/mol. The Morgan fingerprint density at radius 3 is 2.22 bits per heavy atom. The molecule has 144 valence electrons. The van der Waals surface area contributed by atoms with Crippen LogP contribution in [0.1, 0.15) is 32.1 Å². The highest BCUT2D eigenvalue weighted by molar-refractivity contribution is 9.10. The van der Waals surface area contributed by atoms with Crippen LogP contribution in [0.4, 0.5) is 13.2 Å². The molecule has 2 amide bonds. The van der Waals surface area contributed by atoms with Crippen LogP contribution in [-0.4, -0.2) is 58.0 Å². The number of aryl methyl sites for hydroxylation is 1. The Balaban J connectivity index is 1.66. The number of alkyl halides is 3. The summed E-state index contributed by atoms with van der Waals surface area (Å²) in [5.74, 6) is -0.748. The minimum absolute atomic E-state index is 0.0183. The number of H-pyrrole nitrogens is 1. The van der Waals surface area contributed by atoms with E-state index >= 15 is 0 Å². The molecule has 1 aromatic heterocycles. The Labute approximate surface area is 161 Å². The van der Waals surface area contributed by atoms with Crippen molar-refractivity contribution >= 4 is 27.7 Å².